The molecular weight excluding hydrogens is 280 g/mol. The molecule has 1 aliphatic heterocycles. The van der Waals surface area contributed by atoms with E-state index < -0.39 is 27.4 Å². The van der Waals surface area contributed by atoms with Gasteiger partial charge in [0.25, 0.3) is 5.91 Å². The van der Waals surface area contributed by atoms with Gasteiger partial charge >= 0.3 is 5.97 Å². The van der Waals surface area contributed by atoms with Crippen LogP contribution in [0.3, 0.4) is 0 Å². The van der Waals surface area contributed by atoms with Crippen molar-refractivity contribution < 1.29 is 18.5 Å². The van der Waals surface area contributed by atoms with Crippen molar-refractivity contribution in [2.75, 3.05) is 0 Å². The molecule has 1 amide bonds. The van der Waals surface area contributed by atoms with Gasteiger partial charge in [0.15, 0.2) is 9.92 Å². The lowest BCUT2D eigenvalue weighted by Crippen LogP contribution is -2.24. The minimum absolute atomic E-state index is 0.00819. The topological polar surface area (TPSA) is 96.3 Å². The average molecular weight is 296 g/mol. The van der Waals surface area contributed by atoms with Crippen molar-refractivity contribution in [3.05, 3.63) is 29.3 Å². The van der Waals surface area contributed by atoms with Crippen LogP contribution >= 0.6 is 0 Å². The van der Waals surface area contributed by atoms with Crippen LogP contribution in [0.2, 0.25) is 0 Å². The Labute approximate surface area is 117 Å². The molecule has 6 nitrogen and oxygen atoms in total. The van der Waals surface area contributed by atoms with Gasteiger partial charge in [-0.2, -0.15) is 0 Å². The fraction of sp³-hybridized carbons (Fsp3) is 0.385. The minimum atomic E-state index is -3.30. The molecule has 0 saturated heterocycles. The first kappa shape index (κ1) is 14.5. The van der Waals surface area contributed by atoms with Crippen LogP contribution in [0, 0.1) is 4.78 Å². The first-order valence-corrected chi connectivity index (χ1v) is 7.60. The minimum Gasteiger partial charge on any atom is -0.460 e. The van der Waals surface area contributed by atoms with E-state index in [0.717, 1.165) is 0 Å². The van der Waals surface area contributed by atoms with Gasteiger partial charge < -0.3 is 4.74 Å². The smallest absolute Gasteiger partial charge is 0.310 e. The number of nitrogens with one attached hydrogen (secondary N) is 2. The van der Waals surface area contributed by atoms with Crippen LogP contribution in [0.4, 0.5) is 0 Å². The zero-order chi connectivity index (χ0) is 15.1. The summed E-state index contributed by atoms with van der Waals surface area (Å²) in [7, 11) is -3.30. The van der Waals surface area contributed by atoms with Crippen LogP contribution in [0.5, 0.6) is 0 Å². The molecule has 2 rings (SSSR count). The number of rotatable bonds is 2. The zero-order valence-corrected chi connectivity index (χ0v) is 12.3. The Balaban J connectivity index is 2.25. The molecule has 0 saturated carbocycles. The molecule has 20 heavy (non-hydrogen) atoms. The first-order chi connectivity index (χ1) is 9.08. The Hall–Kier alpha value is -1.89. The quantitative estimate of drug-likeness (QED) is 0.811. The Kier molecular flexibility index (Phi) is 3.33. The Morgan fingerprint density at radius 1 is 1.40 bits per heavy atom. The summed E-state index contributed by atoms with van der Waals surface area (Å²) in [5, 5.41) is 0. The highest BCUT2D eigenvalue weighted by Crippen LogP contribution is 2.24. The number of carbonyl (C=O) groups excluding carboxylic acids is 2. The second-order valence-electron chi connectivity index (χ2n) is 5.58. The largest absolute Gasteiger partial charge is 0.460 e. The normalized spacial score (nSPS) is 21.2. The molecule has 1 heterocycles. The maximum atomic E-state index is 11.9. The molecule has 2 N–H and O–H groups in total. The van der Waals surface area contributed by atoms with Gasteiger partial charge in [-0.3, -0.25) is 14.3 Å². The summed E-state index contributed by atoms with van der Waals surface area (Å²) >= 11 is 0. The van der Waals surface area contributed by atoms with Crippen molar-refractivity contribution in [2.45, 2.75) is 37.7 Å². The van der Waals surface area contributed by atoms with E-state index in [1.807, 2.05) is 0 Å². The van der Waals surface area contributed by atoms with Crippen molar-refractivity contribution in [2.24, 2.45) is 0 Å². The second kappa shape index (κ2) is 4.59. The van der Waals surface area contributed by atoms with E-state index in [9.17, 15) is 13.8 Å². The maximum absolute atomic E-state index is 11.9. The van der Waals surface area contributed by atoms with E-state index in [-0.39, 0.29) is 16.9 Å². The van der Waals surface area contributed by atoms with Gasteiger partial charge in [-0.25, -0.2) is 8.99 Å². The lowest BCUT2D eigenvalue weighted by molar-refractivity contribution is -0.153. The molecule has 1 aromatic carbocycles. The molecule has 0 radical (unpaired) electrons. The number of esters is 1. The molecule has 0 spiro atoms. The third-order valence-electron chi connectivity index (χ3n) is 2.61. The van der Waals surface area contributed by atoms with Crippen molar-refractivity contribution in [1.29, 1.82) is 4.78 Å². The van der Waals surface area contributed by atoms with Crippen molar-refractivity contribution in [3.8, 4) is 0 Å². The fourth-order valence-corrected chi connectivity index (χ4v) is 3.16. The molecule has 7 heteroatoms. The predicted molar refractivity (Wildman–Crippen MR) is 72.6 cm³/mol. The van der Waals surface area contributed by atoms with E-state index in [1.54, 1.807) is 26.8 Å². The molecule has 108 valence electrons. The summed E-state index contributed by atoms with van der Waals surface area (Å²) in [4.78, 5) is 23.4. The van der Waals surface area contributed by atoms with Crippen LogP contribution < -0.4 is 4.72 Å². The van der Waals surface area contributed by atoms with E-state index in [1.165, 1.54) is 12.1 Å². The molecule has 1 aromatic rings. The van der Waals surface area contributed by atoms with Crippen molar-refractivity contribution >= 4 is 21.8 Å². The number of benzene rings is 1. The van der Waals surface area contributed by atoms with Gasteiger partial charge in [-0.05, 0) is 38.5 Å². The van der Waals surface area contributed by atoms with Gasteiger partial charge in [-0.15, -0.1) is 0 Å². The van der Waals surface area contributed by atoms with Crippen LogP contribution in [0.25, 0.3) is 0 Å². The summed E-state index contributed by atoms with van der Waals surface area (Å²) in [5.74, 6) is -0.935. The maximum Gasteiger partial charge on any atom is 0.310 e. The lowest BCUT2D eigenvalue weighted by atomic mass is 10.1. The molecule has 0 aromatic heterocycles. The highest BCUT2D eigenvalue weighted by atomic mass is 32.2. The summed E-state index contributed by atoms with van der Waals surface area (Å²) in [6.45, 7) is 5.31. The SMILES string of the molecule is CC(C)(C)OC(=O)Cc1ccc2c(c1)S(=N)(=O)NC2=O. The molecule has 1 atom stereocenters. The van der Waals surface area contributed by atoms with Crippen LogP contribution in [0.15, 0.2) is 23.1 Å². The zero-order valence-electron chi connectivity index (χ0n) is 11.5. The summed E-state index contributed by atoms with van der Waals surface area (Å²) in [6.07, 6.45) is 0.00819. The predicted octanol–water partition coefficient (Wildman–Crippen LogP) is 1.63. The van der Waals surface area contributed by atoms with Crippen molar-refractivity contribution in [1.82, 2.24) is 4.72 Å². The molecule has 0 aliphatic carbocycles. The number of fused-ring (bicyclic) bond motifs is 1. The van der Waals surface area contributed by atoms with E-state index in [0.29, 0.717) is 5.56 Å². The Morgan fingerprint density at radius 3 is 2.65 bits per heavy atom. The highest BCUT2D eigenvalue weighted by molar-refractivity contribution is 7.91. The Bertz CT molecular complexity index is 687. The average Bonchev–Trinajstić information content (AvgIpc) is 2.46. The molecule has 1 aliphatic rings. The van der Waals surface area contributed by atoms with Crippen LogP contribution in [-0.4, -0.2) is 21.7 Å². The second-order valence-corrected chi connectivity index (χ2v) is 7.34. The van der Waals surface area contributed by atoms with E-state index >= 15 is 0 Å². The highest BCUT2D eigenvalue weighted by Gasteiger charge is 2.30. The molecule has 0 fully saturated rings. The van der Waals surface area contributed by atoms with Gasteiger partial charge in [0.2, 0.25) is 0 Å². The number of ether oxygens (including phenoxy) is 1. The van der Waals surface area contributed by atoms with Gasteiger partial charge in [0.05, 0.1) is 16.9 Å². The Morgan fingerprint density at radius 2 is 2.05 bits per heavy atom. The molecule has 0 bridgehead atoms. The standard InChI is InChI=1S/C13H16N2O4S/c1-13(2,3)19-11(16)7-8-4-5-9-10(6-8)20(14,18)15-12(9)17/h4-6H,7H2,1-3H3,(H2,14,15,17,18). The molecule has 1 unspecified atom stereocenters. The van der Waals surface area contributed by atoms with Crippen molar-refractivity contribution in [3.63, 3.8) is 0 Å². The molecular formula is C13H16N2O4S. The van der Waals surface area contributed by atoms with E-state index in [2.05, 4.69) is 4.72 Å². The summed E-state index contributed by atoms with van der Waals surface area (Å²) < 4.78 is 26.8. The van der Waals surface area contributed by atoms with Crippen LogP contribution in [0.1, 0.15) is 36.7 Å². The lowest BCUT2D eigenvalue weighted by Gasteiger charge is -2.19. The van der Waals surface area contributed by atoms with Gasteiger partial charge in [-0.1, -0.05) is 6.07 Å². The number of amides is 1. The third kappa shape index (κ3) is 2.98. The monoisotopic (exact) mass is 296 g/mol. The number of hydrogen-bond donors (Lipinski definition) is 2. The van der Waals surface area contributed by atoms with E-state index in [4.69, 9.17) is 9.52 Å². The van der Waals surface area contributed by atoms with Gasteiger partial charge in [0, 0.05) is 0 Å². The summed E-state index contributed by atoms with van der Waals surface area (Å²) in [5.41, 5.74) is 0.210. The number of carbonyl (C=O) groups is 2. The van der Waals surface area contributed by atoms with Gasteiger partial charge in [0.1, 0.15) is 5.60 Å². The summed E-state index contributed by atoms with van der Waals surface area (Å²) in [6, 6.07) is 4.53. The first-order valence-electron chi connectivity index (χ1n) is 6.04. The fourth-order valence-electron chi connectivity index (χ4n) is 1.89. The third-order valence-corrected chi connectivity index (χ3v) is 4.04. The van der Waals surface area contributed by atoms with Crippen LogP contribution in [-0.2, 0) is 25.9 Å². The number of hydrogen-bond acceptors (Lipinski definition) is 5.